The van der Waals surface area contributed by atoms with Crippen LogP contribution in [0.2, 0.25) is 5.02 Å². The van der Waals surface area contributed by atoms with E-state index in [1.807, 2.05) is 4.90 Å². The lowest BCUT2D eigenvalue weighted by atomic mass is 9.35. The topological polar surface area (TPSA) is 118 Å². The average Bonchev–Trinajstić information content (AvgIpc) is 2.66. The second-order valence-corrected chi connectivity index (χ2v) is 9.17. The molecule has 3 aliphatic carbocycles. The van der Waals surface area contributed by atoms with Crippen molar-refractivity contribution in [1.82, 2.24) is 10.3 Å². The molecule has 1 aromatic heterocycles. The fourth-order valence-corrected chi connectivity index (χ4v) is 5.45. The van der Waals surface area contributed by atoms with Gasteiger partial charge in [0.25, 0.3) is 5.91 Å². The Morgan fingerprint density at radius 1 is 1.34 bits per heavy atom. The Bertz CT molecular complexity index is 1130. The summed E-state index contributed by atoms with van der Waals surface area (Å²) >= 11 is 5.80. The van der Waals surface area contributed by atoms with Gasteiger partial charge in [-0.1, -0.05) is 11.6 Å². The number of halogens is 2. The number of nitrogens with two attached hydrogens (primary N) is 1. The minimum Gasteiger partial charge on any atom is -0.467 e. The minimum atomic E-state index is -1.19. The zero-order valence-corrected chi connectivity index (χ0v) is 18.0. The van der Waals surface area contributed by atoms with Gasteiger partial charge in [0.2, 0.25) is 5.91 Å². The number of hydrogen-bond acceptors (Lipinski definition) is 6. The van der Waals surface area contributed by atoms with Gasteiger partial charge in [0.1, 0.15) is 17.3 Å². The molecule has 168 valence electrons. The van der Waals surface area contributed by atoms with Crippen LogP contribution >= 0.6 is 11.6 Å². The zero-order chi connectivity index (χ0) is 22.8. The van der Waals surface area contributed by atoms with Crippen LogP contribution in [-0.2, 0) is 10.2 Å². The first-order chi connectivity index (χ1) is 15.2. The van der Waals surface area contributed by atoms with Gasteiger partial charge in [-0.3, -0.25) is 14.6 Å². The van der Waals surface area contributed by atoms with E-state index in [1.165, 1.54) is 31.3 Å². The fourth-order valence-electron chi connectivity index (χ4n) is 5.33. The molecule has 2 heterocycles. The number of β-amino-alcohol motifs (C(OH)–C–C–N with tert-alkyl or cyclic N) is 1. The molecule has 2 amide bonds. The molecule has 1 unspecified atom stereocenters. The largest absolute Gasteiger partial charge is 0.467 e. The molecule has 3 saturated carbocycles. The molecule has 4 aliphatic rings. The van der Waals surface area contributed by atoms with Crippen LogP contribution in [0.5, 0.6) is 5.75 Å². The summed E-state index contributed by atoms with van der Waals surface area (Å²) in [6.45, 7) is 2.19. The van der Waals surface area contributed by atoms with Crippen LogP contribution in [0.15, 0.2) is 30.5 Å². The quantitative estimate of drug-likeness (QED) is 0.565. The van der Waals surface area contributed by atoms with Crippen molar-refractivity contribution in [3.8, 4) is 5.75 Å². The number of nitrogens with one attached hydrogen (secondary N) is 1. The van der Waals surface area contributed by atoms with Crippen LogP contribution in [0.1, 0.15) is 35.8 Å². The number of amides is 2. The first-order valence-corrected chi connectivity index (χ1v) is 10.7. The molecule has 2 aromatic rings. The molecule has 2 bridgehead atoms. The van der Waals surface area contributed by atoms with E-state index in [0.29, 0.717) is 31.5 Å². The fraction of sp³-hybridized carbons (Fsp3) is 0.409. The van der Waals surface area contributed by atoms with E-state index < -0.39 is 29.0 Å². The highest BCUT2D eigenvalue weighted by Crippen LogP contribution is 2.73. The number of hydrogen-bond donors (Lipinski definition) is 3. The summed E-state index contributed by atoms with van der Waals surface area (Å²) in [5, 5.41) is 12.7. The maximum Gasteiger partial charge on any atom is 0.267 e. The van der Waals surface area contributed by atoms with E-state index >= 15 is 0 Å². The van der Waals surface area contributed by atoms with Gasteiger partial charge >= 0.3 is 0 Å². The van der Waals surface area contributed by atoms with Gasteiger partial charge in [0.15, 0.2) is 5.72 Å². The number of aliphatic hydroxyl groups excluding tert-OH is 1. The molecular weight excluding hydrogens is 439 g/mol. The first kappa shape index (κ1) is 21.0. The molecule has 4 N–H and O–H groups in total. The second kappa shape index (κ2) is 7.05. The summed E-state index contributed by atoms with van der Waals surface area (Å²) < 4.78 is 20.4. The van der Waals surface area contributed by atoms with Crippen molar-refractivity contribution in [2.24, 2.45) is 11.7 Å². The van der Waals surface area contributed by atoms with Gasteiger partial charge < -0.3 is 25.8 Å². The maximum atomic E-state index is 14.1. The van der Waals surface area contributed by atoms with E-state index in [2.05, 4.69) is 10.3 Å². The molecule has 1 atom stereocenters. The number of primary amides is 1. The predicted octanol–water partition coefficient (Wildman–Crippen LogP) is 1.73. The number of carbonyl (C=O) groups excluding carboxylic acids is 2. The highest BCUT2D eigenvalue weighted by molar-refractivity contribution is 6.30. The Kier molecular flexibility index (Phi) is 4.62. The van der Waals surface area contributed by atoms with Crippen LogP contribution < -0.4 is 20.7 Å². The van der Waals surface area contributed by atoms with Crippen molar-refractivity contribution in [2.75, 3.05) is 18.0 Å². The number of rotatable bonds is 6. The normalized spacial score (nSPS) is 28.2. The highest BCUT2D eigenvalue weighted by Gasteiger charge is 2.80. The van der Waals surface area contributed by atoms with E-state index in [1.54, 1.807) is 6.07 Å². The number of carbonyl (C=O) groups is 2. The number of pyridine rings is 1. The Morgan fingerprint density at radius 3 is 2.59 bits per heavy atom. The van der Waals surface area contributed by atoms with Crippen LogP contribution in [0.3, 0.4) is 0 Å². The number of aliphatic hydroxyl groups is 1. The second-order valence-electron chi connectivity index (χ2n) is 8.76. The van der Waals surface area contributed by atoms with Crippen molar-refractivity contribution >= 4 is 29.1 Å². The third-order valence-electron chi connectivity index (χ3n) is 6.85. The molecule has 0 radical (unpaired) electrons. The molecule has 6 rings (SSSR count). The van der Waals surface area contributed by atoms with Crippen molar-refractivity contribution in [2.45, 2.75) is 37.0 Å². The average molecular weight is 461 g/mol. The zero-order valence-electron chi connectivity index (χ0n) is 17.3. The molecule has 1 saturated heterocycles. The highest BCUT2D eigenvalue weighted by atomic mass is 35.5. The lowest BCUT2D eigenvalue weighted by Crippen LogP contribution is -2.87. The molecule has 32 heavy (non-hydrogen) atoms. The van der Waals surface area contributed by atoms with Crippen molar-refractivity contribution in [3.05, 3.63) is 52.6 Å². The van der Waals surface area contributed by atoms with Gasteiger partial charge in [0.05, 0.1) is 16.5 Å². The molecule has 4 fully saturated rings. The summed E-state index contributed by atoms with van der Waals surface area (Å²) in [5.41, 5.74) is 5.11. The Morgan fingerprint density at radius 2 is 2.06 bits per heavy atom. The van der Waals surface area contributed by atoms with Crippen molar-refractivity contribution < 1.29 is 23.8 Å². The number of anilines is 1. The summed E-state index contributed by atoms with van der Waals surface area (Å²) in [4.78, 5) is 30.7. The summed E-state index contributed by atoms with van der Waals surface area (Å²) in [6.07, 6.45) is 2.32. The van der Waals surface area contributed by atoms with Crippen LogP contribution in [0.25, 0.3) is 0 Å². The van der Waals surface area contributed by atoms with Crippen LogP contribution in [-0.4, -0.2) is 46.8 Å². The summed E-state index contributed by atoms with van der Waals surface area (Å²) in [7, 11) is 0. The lowest BCUT2D eigenvalue weighted by Gasteiger charge is -2.74. The van der Waals surface area contributed by atoms with E-state index in [0.717, 1.165) is 5.69 Å². The molecule has 10 heteroatoms. The lowest BCUT2D eigenvalue weighted by molar-refractivity contribution is -0.270. The van der Waals surface area contributed by atoms with Gasteiger partial charge in [-0.25, -0.2) is 4.39 Å². The summed E-state index contributed by atoms with van der Waals surface area (Å²) in [6, 6.07) is 5.86. The van der Waals surface area contributed by atoms with Gasteiger partial charge in [-0.05, 0) is 31.0 Å². The maximum absolute atomic E-state index is 14.1. The first-order valence-electron chi connectivity index (χ1n) is 10.3. The predicted molar refractivity (Wildman–Crippen MR) is 114 cm³/mol. The number of ether oxygens (including phenoxy) is 1. The van der Waals surface area contributed by atoms with Crippen LogP contribution in [0.4, 0.5) is 10.1 Å². The molecule has 0 spiro atoms. The summed E-state index contributed by atoms with van der Waals surface area (Å²) in [5.74, 6) is -1.49. The minimum absolute atomic E-state index is 0.0405. The molecule has 8 nitrogen and oxygen atoms in total. The van der Waals surface area contributed by atoms with Crippen molar-refractivity contribution in [3.63, 3.8) is 0 Å². The standard InChI is InChI=1S/C22H22ClFN4O4/c1-11(29)27-22(32-14-2-3-15(23)16(24)6-14)12-7-21(22,8-12)18-17(28-9-13(30)10-28)4-5-26-19(18)20(25)31/h2-6,12-13,30H,7-10H2,1H3,(H2,25,31)(H,27,29). The van der Waals surface area contributed by atoms with Crippen molar-refractivity contribution in [1.29, 1.82) is 0 Å². The molecule has 1 aliphatic heterocycles. The number of aromatic nitrogens is 1. The van der Waals surface area contributed by atoms with Crippen LogP contribution in [0, 0.1) is 11.7 Å². The monoisotopic (exact) mass is 460 g/mol. The van der Waals surface area contributed by atoms with Gasteiger partial charge in [-0.2, -0.15) is 0 Å². The third kappa shape index (κ3) is 2.80. The SMILES string of the molecule is CC(=O)NC1(Oc2ccc(Cl)c(F)c2)C2CC1(c1c(N3CC(O)C3)ccnc1C(N)=O)C2. The van der Waals surface area contributed by atoms with E-state index in [-0.39, 0.29) is 28.3 Å². The van der Waals surface area contributed by atoms with Gasteiger partial charge in [0, 0.05) is 49.4 Å². The van der Waals surface area contributed by atoms with Gasteiger partial charge in [-0.15, -0.1) is 0 Å². The Labute approximate surface area is 188 Å². The number of nitrogens with zero attached hydrogens (tertiary/aromatic N) is 2. The van der Waals surface area contributed by atoms with E-state index in [9.17, 15) is 19.1 Å². The van der Waals surface area contributed by atoms with E-state index in [4.69, 9.17) is 22.1 Å². The smallest absolute Gasteiger partial charge is 0.267 e. The number of benzene rings is 1. The molecule has 1 aromatic carbocycles. The molecular formula is C22H22ClFN4O4. The Hall–Kier alpha value is -2.91. The Balaban J connectivity index is 1.63. The third-order valence-corrected chi connectivity index (χ3v) is 7.16.